The average molecular weight is 203 g/mol. The summed E-state index contributed by atoms with van der Waals surface area (Å²) in [4.78, 5) is 11.5. The lowest BCUT2D eigenvalue weighted by Crippen LogP contribution is -2.15. The molecule has 0 aliphatic heterocycles. The Hall–Kier alpha value is -1.95. The number of anilines is 1. The third-order valence-corrected chi connectivity index (χ3v) is 1.95. The molecule has 0 aliphatic rings. The number of nitrogen functional groups attached to an aromatic ring is 1. The van der Waals surface area contributed by atoms with Crippen molar-refractivity contribution in [2.45, 2.75) is 19.4 Å². The smallest absolute Gasteiger partial charge is 0.339 e. The molecule has 0 aromatic heterocycles. The van der Waals surface area contributed by atoms with Gasteiger partial charge in [0.05, 0.1) is 5.56 Å². The number of hydrogen-bond acceptors (Lipinski definition) is 3. The van der Waals surface area contributed by atoms with Gasteiger partial charge in [0.1, 0.15) is 0 Å². The van der Waals surface area contributed by atoms with Gasteiger partial charge in [-0.15, -0.1) is 6.42 Å². The molecule has 0 fully saturated rings. The molecule has 0 amide bonds. The van der Waals surface area contributed by atoms with E-state index in [9.17, 15) is 4.79 Å². The summed E-state index contributed by atoms with van der Waals surface area (Å²) in [5, 5.41) is 0. The van der Waals surface area contributed by atoms with Crippen molar-refractivity contribution in [2.24, 2.45) is 0 Å². The van der Waals surface area contributed by atoms with E-state index in [-0.39, 0.29) is 0 Å². The molecule has 0 saturated carbocycles. The van der Waals surface area contributed by atoms with Crippen LogP contribution in [0.1, 0.15) is 23.7 Å². The molecule has 1 aromatic carbocycles. The number of carbonyl (C=O) groups excluding carboxylic acids is 1. The minimum Gasteiger partial charge on any atom is -0.446 e. The van der Waals surface area contributed by atoms with Gasteiger partial charge in [0.2, 0.25) is 0 Å². The van der Waals surface area contributed by atoms with Crippen LogP contribution < -0.4 is 5.73 Å². The van der Waals surface area contributed by atoms with Gasteiger partial charge in [-0.25, -0.2) is 4.79 Å². The molecular formula is C12H13NO2. The Balaban J connectivity index is 2.70. The van der Waals surface area contributed by atoms with Crippen LogP contribution in [0, 0.1) is 12.3 Å². The lowest BCUT2D eigenvalue weighted by Gasteiger charge is -2.09. The average Bonchev–Trinajstić information content (AvgIpc) is 2.26. The normalized spacial score (nSPS) is 11.5. The van der Waals surface area contributed by atoms with E-state index in [2.05, 4.69) is 5.92 Å². The van der Waals surface area contributed by atoms with E-state index in [4.69, 9.17) is 16.9 Å². The van der Waals surface area contributed by atoms with Crippen LogP contribution in [0.15, 0.2) is 24.3 Å². The van der Waals surface area contributed by atoms with E-state index in [1.165, 1.54) is 0 Å². The third-order valence-electron chi connectivity index (χ3n) is 1.95. The van der Waals surface area contributed by atoms with E-state index >= 15 is 0 Å². The topological polar surface area (TPSA) is 52.3 Å². The number of hydrogen-bond donors (Lipinski definition) is 1. The van der Waals surface area contributed by atoms with Gasteiger partial charge in [-0.2, -0.15) is 0 Å². The molecule has 0 bridgehead atoms. The highest BCUT2D eigenvalue weighted by Gasteiger charge is 2.11. The van der Waals surface area contributed by atoms with Crippen LogP contribution in [0.2, 0.25) is 0 Å². The van der Waals surface area contributed by atoms with Gasteiger partial charge < -0.3 is 10.5 Å². The number of rotatable bonds is 3. The molecule has 0 spiro atoms. The quantitative estimate of drug-likeness (QED) is 0.463. The maximum absolute atomic E-state index is 11.5. The van der Waals surface area contributed by atoms with Gasteiger partial charge in [-0.3, -0.25) is 0 Å². The van der Waals surface area contributed by atoms with Crippen LogP contribution in [0.4, 0.5) is 5.69 Å². The second kappa shape index (κ2) is 5.06. The summed E-state index contributed by atoms with van der Waals surface area (Å²) in [6.45, 7) is 1.86. The molecule has 1 aromatic rings. The van der Waals surface area contributed by atoms with Crippen LogP contribution in [0.3, 0.4) is 0 Å². The third kappa shape index (κ3) is 3.03. The van der Waals surface area contributed by atoms with Crippen LogP contribution in [0.5, 0.6) is 0 Å². The van der Waals surface area contributed by atoms with Crippen molar-refractivity contribution in [3.05, 3.63) is 29.8 Å². The lowest BCUT2D eigenvalue weighted by atomic mass is 10.2. The van der Waals surface area contributed by atoms with Crippen molar-refractivity contribution in [3.8, 4) is 12.3 Å². The van der Waals surface area contributed by atoms with Crippen LogP contribution in [-0.2, 0) is 4.74 Å². The molecular weight excluding hydrogens is 190 g/mol. The second-order valence-corrected chi connectivity index (χ2v) is 3.09. The molecule has 0 radical (unpaired) electrons. The number of benzene rings is 1. The molecule has 0 heterocycles. The van der Waals surface area contributed by atoms with Crippen LogP contribution in [0.25, 0.3) is 0 Å². The Labute approximate surface area is 89.2 Å². The maximum Gasteiger partial charge on any atom is 0.339 e. The molecule has 0 aliphatic carbocycles. The van der Waals surface area contributed by atoms with Gasteiger partial charge in [0.15, 0.2) is 6.10 Å². The Bertz CT molecular complexity index is 376. The highest BCUT2D eigenvalue weighted by molar-refractivity contribution is 5.90. The fraction of sp³-hybridized carbons (Fsp3) is 0.250. The summed E-state index contributed by atoms with van der Waals surface area (Å²) >= 11 is 0. The standard InChI is InChI=1S/C12H13NO2/c1-3-11(4-2)15-12(14)9-5-7-10(13)8-6-9/h1,5-8,11H,4,13H2,2H3. The van der Waals surface area contributed by atoms with Crippen molar-refractivity contribution >= 4 is 11.7 Å². The lowest BCUT2D eigenvalue weighted by molar-refractivity contribution is 0.0405. The largest absolute Gasteiger partial charge is 0.446 e. The second-order valence-electron chi connectivity index (χ2n) is 3.09. The summed E-state index contributed by atoms with van der Waals surface area (Å²) < 4.78 is 5.06. The fourth-order valence-electron chi connectivity index (χ4n) is 1.05. The van der Waals surface area contributed by atoms with Crippen molar-refractivity contribution in [1.82, 2.24) is 0 Å². The van der Waals surface area contributed by atoms with Crippen molar-refractivity contribution in [2.75, 3.05) is 5.73 Å². The number of nitrogens with two attached hydrogens (primary N) is 1. The maximum atomic E-state index is 11.5. The highest BCUT2D eigenvalue weighted by atomic mass is 16.5. The molecule has 1 atom stereocenters. The van der Waals surface area contributed by atoms with E-state index < -0.39 is 12.1 Å². The molecule has 0 saturated heterocycles. The Kier molecular flexibility index (Phi) is 3.75. The highest BCUT2D eigenvalue weighted by Crippen LogP contribution is 2.08. The SMILES string of the molecule is C#CC(CC)OC(=O)c1ccc(N)cc1. The molecule has 78 valence electrons. The van der Waals surface area contributed by atoms with E-state index in [1.807, 2.05) is 6.92 Å². The molecule has 15 heavy (non-hydrogen) atoms. The Morgan fingerprint density at radius 1 is 1.53 bits per heavy atom. The van der Waals surface area contributed by atoms with Gasteiger partial charge in [0.25, 0.3) is 0 Å². The van der Waals surface area contributed by atoms with Crippen molar-refractivity contribution in [3.63, 3.8) is 0 Å². The Morgan fingerprint density at radius 3 is 2.60 bits per heavy atom. The summed E-state index contributed by atoms with van der Waals surface area (Å²) in [6.07, 6.45) is 5.33. The molecule has 2 N–H and O–H groups in total. The first-order valence-corrected chi connectivity index (χ1v) is 4.70. The van der Waals surface area contributed by atoms with Gasteiger partial charge >= 0.3 is 5.97 Å². The zero-order chi connectivity index (χ0) is 11.3. The van der Waals surface area contributed by atoms with Crippen molar-refractivity contribution < 1.29 is 9.53 Å². The van der Waals surface area contributed by atoms with Gasteiger partial charge in [-0.05, 0) is 30.7 Å². The number of ether oxygens (including phenoxy) is 1. The monoisotopic (exact) mass is 203 g/mol. The minimum atomic E-state index is -0.463. The number of terminal acetylenes is 1. The first kappa shape index (κ1) is 11.1. The number of carbonyl (C=O) groups is 1. The minimum absolute atomic E-state index is 0.417. The number of esters is 1. The first-order valence-electron chi connectivity index (χ1n) is 4.70. The summed E-state index contributed by atoms with van der Waals surface area (Å²) in [7, 11) is 0. The van der Waals surface area contributed by atoms with Crippen LogP contribution >= 0.6 is 0 Å². The molecule has 3 nitrogen and oxygen atoms in total. The predicted molar refractivity (Wildman–Crippen MR) is 59.2 cm³/mol. The zero-order valence-corrected chi connectivity index (χ0v) is 8.57. The van der Waals surface area contributed by atoms with Gasteiger partial charge in [0, 0.05) is 5.69 Å². The first-order chi connectivity index (χ1) is 7.17. The van der Waals surface area contributed by atoms with Crippen molar-refractivity contribution in [1.29, 1.82) is 0 Å². The molecule has 3 heteroatoms. The summed E-state index contributed by atoms with van der Waals surface area (Å²) in [6, 6.07) is 6.52. The summed E-state index contributed by atoms with van der Waals surface area (Å²) in [5.41, 5.74) is 6.56. The van der Waals surface area contributed by atoms with E-state index in [0.717, 1.165) is 0 Å². The summed E-state index contributed by atoms with van der Waals surface area (Å²) in [5.74, 6) is 1.98. The van der Waals surface area contributed by atoms with Crippen LogP contribution in [-0.4, -0.2) is 12.1 Å². The van der Waals surface area contributed by atoms with Gasteiger partial charge in [-0.1, -0.05) is 12.8 Å². The van der Waals surface area contributed by atoms with E-state index in [0.29, 0.717) is 17.7 Å². The fourth-order valence-corrected chi connectivity index (χ4v) is 1.05. The Morgan fingerprint density at radius 2 is 2.13 bits per heavy atom. The predicted octanol–water partition coefficient (Wildman–Crippen LogP) is 1.84. The molecule has 1 unspecified atom stereocenters. The molecule has 1 rings (SSSR count). The van der Waals surface area contributed by atoms with E-state index in [1.54, 1.807) is 24.3 Å². The zero-order valence-electron chi connectivity index (χ0n) is 8.57.